The lowest BCUT2D eigenvalue weighted by Gasteiger charge is -2.17. The van der Waals surface area contributed by atoms with Crippen molar-refractivity contribution in [2.75, 3.05) is 7.11 Å². The maximum Gasteiger partial charge on any atom is 0.312 e. The minimum absolute atomic E-state index is 0.0160. The first-order valence-corrected chi connectivity index (χ1v) is 6.20. The quantitative estimate of drug-likeness (QED) is 0.916. The molecule has 1 aromatic carbocycles. The predicted molar refractivity (Wildman–Crippen MR) is 73.5 cm³/mol. The van der Waals surface area contributed by atoms with E-state index in [-0.39, 0.29) is 5.92 Å². The van der Waals surface area contributed by atoms with Crippen LogP contribution in [0.15, 0.2) is 30.5 Å². The molecule has 0 aliphatic heterocycles. The minimum Gasteiger partial charge on any atom is -0.497 e. The smallest absolute Gasteiger partial charge is 0.312 e. The van der Waals surface area contributed by atoms with Crippen molar-refractivity contribution in [1.29, 1.82) is 0 Å². The number of rotatable bonds is 4. The minimum atomic E-state index is -0.842. The van der Waals surface area contributed by atoms with Crippen molar-refractivity contribution in [3.05, 3.63) is 36.2 Å². The van der Waals surface area contributed by atoms with Gasteiger partial charge in [-0.05, 0) is 35.6 Å². The summed E-state index contributed by atoms with van der Waals surface area (Å²) in [5.74, 6) is -0.707. The summed E-state index contributed by atoms with van der Waals surface area (Å²) in [5.41, 5.74) is 0.614. The highest BCUT2D eigenvalue weighted by atomic mass is 16.5. The second-order valence-corrected chi connectivity index (χ2v) is 4.84. The van der Waals surface area contributed by atoms with E-state index in [1.807, 2.05) is 38.1 Å². The van der Waals surface area contributed by atoms with Crippen LogP contribution in [0.25, 0.3) is 10.8 Å². The second kappa shape index (κ2) is 5.26. The van der Waals surface area contributed by atoms with Gasteiger partial charge in [-0.2, -0.15) is 0 Å². The van der Waals surface area contributed by atoms with Gasteiger partial charge in [0, 0.05) is 11.6 Å². The molecule has 1 unspecified atom stereocenters. The molecule has 0 radical (unpaired) electrons. The number of carboxylic acid groups (broad SMARTS) is 1. The molecule has 0 aliphatic rings. The van der Waals surface area contributed by atoms with Gasteiger partial charge in [0.15, 0.2) is 0 Å². The number of ether oxygens (including phenoxy) is 1. The van der Waals surface area contributed by atoms with Crippen LogP contribution in [0.2, 0.25) is 0 Å². The largest absolute Gasteiger partial charge is 0.497 e. The van der Waals surface area contributed by atoms with Crippen molar-refractivity contribution >= 4 is 16.7 Å². The molecule has 1 N–H and O–H groups in total. The van der Waals surface area contributed by atoms with Gasteiger partial charge in [-0.3, -0.25) is 9.78 Å². The molecule has 4 nitrogen and oxygen atoms in total. The van der Waals surface area contributed by atoms with Gasteiger partial charge in [-0.1, -0.05) is 13.8 Å². The number of aromatic nitrogens is 1. The molecule has 4 heteroatoms. The van der Waals surface area contributed by atoms with Crippen LogP contribution in [0.5, 0.6) is 5.75 Å². The zero-order valence-corrected chi connectivity index (χ0v) is 11.3. The molecule has 0 spiro atoms. The summed E-state index contributed by atoms with van der Waals surface area (Å²) < 4.78 is 5.18. The number of hydrogen-bond acceptors (Lipinski definition) is 3. The molecule has 1 aromatic heterocycles. The van der Waals surface area contributed by atoms with Gasteiger partial charge in [0.25, 0.3) is 0 Å². The lowest BCUT2D eigenvalue weighted by Crippen LogP contribution is -2.19. The molecule has 100 valence electrons. The maximum atomic E-state index is 11.4. The number of fused-ring (bicyclic) bond motifs is 1. The van der Waals surface area contributed by atoms with Crippen LogP contribution in [0.3, 0.4) is 0 Å². The Kier molecular flexibility index (Phi) is 3.69. The number of carbonyl (C=O) groups is 1. The molecule has 0 saturated carbocycles. The van der Waals surface area contributed by atoms with Crippen molar-refractivity contribution in [2.24, 2.45) is 5.92 Å². The summed E-state index contributed by atoms with van der Waals surface area (Å²) in [7, 11) is 1.61. The van der Waals surface area contributed by atoms with Gasteiger partial charge in [-0.25, -0.2) is 0 Å². The molecule has 0 saturated heterocycles. The average molecular weight is 259 g/mol. The van der Waals surface area contributed by atoms with Crippen molar-refractivity contribution in [3.63, 3.8) is 0 Å². The first-order valence-electron chi connectivity index (χ1n) is 6.20. The standard InChI is InChI=1S/C15H17NO3/c1-9(2)13(15(17)18)14-12-5-4-11(19-3)8-10(12)6-7-16-14/h4-9,13H,1-3H3,(H,17,18). The molecule has 19 heavy (non-hydrogen) atoms. The van der Waals surface area contributed by atoms with E-state index in [2.05, 4.69) is 4.98 Å². The molecule has 1 heterocycles. The van der Waals surface area contributed by atoms with Crippen molar-refractivity contribution in [1.82, 2.24) is 4.98 Å². The average Bonchev–Trinajstić information content (AvgIpc) is 2.37. The Morgan fingerprint density at radius 2 is 2.05 bits per heavy atom. The Morgan fingerprint density at radius 1 is 1.32 bits per heavy atom. The summed E-state index contributed by atoms with van der Waals surface area (Å²) in [4.78, 5) is 15.7. The fourth-order valence-corrected chi connectivity index (χ4v) is 2.27. The summed E-state index contributed by atoms with van der Waals surface area (Å²) in [6, 6.07) is 7.45. The Labute approximate surface area is 112 Å². The molecule has 2 aromatic rings. The van der Waals surface area contributed by atoms with E-state index < -0.39 is 11.9 Å². The maximum absolute atomic E-state index is 11.4. The second-order valence-electron chi connectivity index (χ2n) is 4.84. The first kappa shape index (κ1) is 13.3. The fraction of sp³-hybridized carbons (Fsp3) is 0.333. The number of methoxy groups -OCH3 is 1. The van der Waals surface area contributed by atoms with Gasteiger partial charge in [0.05, 0.1) is 12.8 Å². The summed E-state index contributed by atoms with van der Waals surface area (Å²) in [5, 5.41) is 11.2. The fourth-order valence-electron chi connectivity index (χ4n) is 2.27. The Bertz CT molecular complexity index is 607. The summed E-state index contributed by atoms with van der Waals surface area (Å²) >= 11 is 0. The van der Waals surface area contributed by atoms with Crippen molar-refractivity contribution in [3.8, 4) is 5.75 Å². The number of hydrogen-bond donors (Lipinski definition) is 1. The molecular formula is C15H17NO3. The zero-order chi connectivity index (χ0) is 14.0. The first-order chi connectivity index (χ1) is 9.04. The Balaban J connectivity index is 2.63. The van der Waals surface area contributed by atoms with E-state index in [1.54, 1.807) is 13.3 Å². The van der Waals surface area contributed by atoms with Crippen LogP contribution in [-0.2, 0) is 4.79 Å². The van der Waals surface area contributed by atoms with Crippen LogP contribution in [0.4, 0.5) is 0 Å². The molecule has 0 aliphatic carbocycles. The van der Waals surface area contributed by atoms with Crippen molar-refractivity contribution in [2.45, 2.75) is 19.8 Å². The third-order valence-electron chi connectivity index (χ3n) is 3.23. The highest BCUT2D eigenvalue weighted by Gasteiger charge is 2.26. The third kappa shape index (κ3) is 2.52. The molecule has 0 bridgehead atoms. The van der Waals surface area contributed by atoms with E-state index >= 15 is 0 Å². The SMILES string of the molecule is COc1ccc2c(C(C(=O)O)C(C)C)nccc2c1. The number of nitrogens with zero attached hydrogens (tertiary/aromatic N) is 1. The van der Waals surface area contributed by atoms with E-state index in [4.69, 9.17) is 4.74 Å². The summed E-state index contributed by atoms with van der Waals surface area (Å²) in [6.45, 7) is 3.78. The van der Waals surface area contributed by atoms with Crippen LogP contribution < -0.4 is 4.74 Å². The number of carboxylic acids is 1. The van der Waals surface area contributed by atoms with Gasteiger partial charge >= 0.3 is 5.97 Å². The Morgan fingerprint density at radius 3 is 2.63 bits per heavy atom. The van der Waals surface area contributed by atoms with E-state index in [1.165, 1.54) is 0 Å². The topological polar surface area (TPSA) is 59.4 Å². The number of pyridine rings is 1. The number of aliphatic carboxylic acids is 1. The Hall–Kier alpha value is -2.10. The monoisotopic (exact) mass is 259 g/mol. The summed E-state index contributed by atoms with van der Waals surface area (Å²) in [6.07, 6.45) is 1.65. The van der Waals surface area contributed by atoms with E-state index in [9.17, 15) is 9.90 Å². The molecule has 0 amide bonds. The molecular weight excluding hydrogens is 242 g/mol. The highest BCUT2D eigenvalue weighted by molar-refractivity contribution is 5.90. The van der Waals surface area contributed by atoms with Crippen LogP contribution >= 0.6 is 0 Å². The zero-order valence-electron chi connectivity index (χ0n) is 11.3. The van der Waals surface area contributed by atoms with Gasteiger partial charge < -0.3 is 9.84 Å². The van der Waals surface area contributed by atoms with Crippen LogP contribution in [0.1, 0.15) is 25.5 Å². The van der Waals surface area contributed by atoms with E-state index in [0.717, 1.165) is 16.5 Å². The van der Waals surface area contributed by atoms with Crippen LogP contribution in [0, 0.1) is 5.92 Å². The molecule has 0 fully saturated rings. The van der Waals surface area contributed by atoms with E-state index in [0.29, 0.717) is 5.69 Å². The van der Waals surface area contributed by atoms with Gasteiger partial charge in [0.2, 0.25) is 0 Å². The van der Waals surface area contributed by atoms with Crippen LogP contribution in [-0.4, -0.2) is 23.2 Å². The number of benzene rings is 1. The van der Waals surface area contributed by atoms with Crippen molar-refractivity contribution < 1.29 is 14.6 Å². The highest BCUT2D eigenvalue weighted by Crippen LogP contribution is 2.30. The lowest BCUT2D eigenvalue weighted by molar-refractivity contribution is -0.139. The lowest BCUT2D eigenvalue weighted by atomic mass is 9.89. The van der Waals surface area contributed by atoms with Gasteiger partial charge in [-0.15, -0.1) is 0 Å². The van der Waals surface area contributed by atoms with Gasteiger partial charge in [0.1, 0.15) is 11.7 Å². The molecule has 2 rings (SSSR count). The molecule has 1 atom stereocenters. The predicted octanol–water partition coefficient (Wildman–Crippen LogP) is 3.07. The normalized spacial score (nSPS) is 12.6. The third-order valence-corrected chi connectivity index (χ3v) is 3.23.